The quantitative estimate of drug-likeness (QED) is 0.788. The molecule has 1 aliphatic heterocycles. The number of carbonyl (C=O) groups is 1. The SMILES string of the molecule is CCCCOC(=O)N1CCCC1c1nc2ccccc2s1. The fourth-order valence-corrected chi connectivity index (χ4v) is 3.78. The normalized spacial score (nSPS) is 18.3. The lowest BCUT2D eigenvalue weighted by atomic mass is 10.2. The van der Waals surface area contributed by atoms with Gasteiger partial charge in [-0.05, 0) is 31.4 Å². The standard InChI is InChI=1S/C16H20N2O2S/c1-2-3-11-20-16(19)18-10-6-8-13(18)15-17-12-7-4-5-9-14(12)21-15/h4-5,7,9,13H,2-3,6,8,10-11H2,1H3. The zero-order valence-corrected chi connectivity index (χ0v) is 13.1. The van der Waals surface area contributed by atoms with Crippen molar-refractivity contribution in [3.8, 4) is 0 Å². The summed E-state index contributed by atoms with van der Waals surface area (Å²) in [6.45, 7) is 3.37. The lowest BCUT2D eigenvalue weighted by molar-refractivity contribution is 0.0968. The number of aromatic nitrogens is 1. The number of nitrogens with zero attached hydrogens (tertiary/aromatic N) is 2. The number of para-hydroxylation sites is 1. The topological polar surface area (TPSA) is 42.4 Å². The molecule has 0 saturated carbocycles. The van der Waals surface area contributed by atoms with Crippen LogP contribution in [0.5, 0.6) is 0 Å². The number of fused-ring (bicyclic) bond motifs is 1. The van der Waals surface area contributed by atoms with E-state index in [2.05, 4.69) is 13.0 Å². The highest BCUT2D eigenvalue weighted by molar-refractivity contribution is 7.18. The maximum Gasteiger partial charge on any atom is 0.410 e. The predicted molar refractivity (Wildman–Crippen MR) is 84.6 cm³/mol. The zero-order chi connectivity index (χ0) is 14.7. The number of carbonyl (C=O) groups excluding carboxylic acids is 1. The molecule has 4 nitrogen and oxygen atoms in total. The Kier molecular flexibility index (Phi) is 4.39. The van der Waals surface area contributed by atoms with Crippen LogP contribution in [0.4, 0.5) is 4.79 Å². The largest absolute Gasteiger partial charge is 0.449 e. The molecule has 21 heavy (non-hydrogen) atoms. The van der Waals surface area contributed by atoms with E-state index in [9.17, 15) is 4.79 Å². The summed E-state index contributed by atoms with van der Waals surface area (Å²) in [6, 6.07) is 8.20. The Morgan fingerprint density at radius 2 is 2.33 bits per heavy atom. The highest BCUT2D eigenvalue weighted by Gasteiger charge is 2.33. The number of benzene rings is 1. The molecule has 2 heterocycles. The van der Waals surface area contributed by atoms with Gasteiger partial charge in [0.1, 0.15) is 5.01 Å². The summed E-state index contributed by atoms with van der Waals surface area (Å²) in [5.74, 6) is 0. The Bertz CT molecular complexity index is 593. The summed E-state index contributed by atoms with van der Waals surface area (Å²) in [6.07, 6.45) is 3.76. The van der Waals surface area contributed by atoms with Gasteiger partial charge in [-0.15, -0.1) is 11.3 Å². The number of ether oxygens (including phenoxy) is 1. The van der Waals surface area contributed by atoms with Gasteiger partial charge in [0.15, 0.2) is 0 Å². The van der Waals surface area contributed by atoms with Crippen LogP contribution in [-0.4, -0.2) is 29.1 Å². The third-order valence-corrected chi connectivity index (χ3v) is 4.94. The number of unbranched alkanes of at least 4 members (excludes halogenated alkanes) is 1. The molecular weight excluding hydrogens is 284 g/mol. The van der Waals surface area contributed by atoms with Crippen LogP contribution >= 0.6 is 11.3 Å². The lowest BCUT2D eigenvalue weighted by Gasteiger charge is -2.22. The summed E-state index contributed by atoms with van der Waals surface area (Å²) >= 11 is 1.68. The molecule has 3 rings (SSSR count). The molecule has 1 aromatic carbocycles. The molecule has 0 radical (unpaired) electrons. The molecule has 2 aromatic rings. The molecule has 0 N–H and O–H groups in total. The van der Waals surface area contributed by atoms with E-state index >= 15 is 0 Å². The van der Waals surface area contributed by atoms with Crippen molar-refractivity contribution in [3.63, 3.8) is 0 Å². The Balaban J connectivity index is 1.75. The number of hydrogen-bond donors (Lipinski definition) is 0. The van der Waals surface area contributed by atoms with E-state index in [1.54, 1.807) is 11.3 Å². The van der Waals surface area contributed by atoms with Gasteiger partial charge in [0.25, 0.3) is 0 Å². The molecule has 0 spiro atoms. The van der Waals surface area contributed by atoms with Crippen molar-refractivity contribution in [2.45, 2.75) is 38.6 Å². The molecule has 1 atom stereocenters. The molecule has 0 bridgehead atoms. The van der Waals surface area contributed by atoms with E-state index in [4.69, 9.17) is 9.72 Å². The first-order valence-electron chi connectivity index (χ1n) is 7.58. The van der Waals surface area contributed by atoms with Crippen LogP contribution in [0.25, 0.3) is 10.2 Å². The second-order valence-corrected chi connectivity index (χ2v) is 6.40. The molecule has 5 heteroatoms. The van der Waals surface area contributed by atoms with Crippen LogP contribution in [0.1, 0.15) is 43.7 Å². The maximum absolute atomic E-state index is 12.2. The minimum Gasteiger partial charge on any atom is -0.449 e. The smallest absolute Gasteiger partial charge is 0.410 e. The van der Waals surface area contributed by atoms with Crippen molar-refractivity contribution < 1.29 is 9.53 Å². The summed E-state index contributed by atoms with van der Waals surface area (Å²) in [5.41, 5.74) is 1.02. The summed E-state index contributed by atoms with van der Waals surface area (Å²) in [7, 11) is 0. The Morgan fingerprint density at radius 3 is 3.14 bits per heavy atom. The monoisotopic (exact) mass is 304 g/mol. The molecule has 112 valence electrons. The van der Waals surface area contributed by atoms with Crippen molar-refractivity contribution in [2.75, 3.05) is 13.2 Å². The zero-order valence-electron chi connectivity index (χ0n) is 12.2. The van der Waals surface area contributed by atoms with Gasteiger partial charge >= 0.3 is 6.09 Å². The minimum absolute atomic E-state index is 0.0801. The predicted octanol–water partition coefficient (Wildman–Crippen LogP) is 4.37. The van der Waals surface area contributed by atoms with Gasteiger partial charge < -0.3 is 4.74 Å². The van der Waals surface area contributed by atoms with Crippen LogP contribution < -0.4 is 0 Å². The highest BCUT2D eigenvalue weighted by Crippen LogP contribution is 2.36. The average Bonchev–Trinajstić information content (AvgIpc) is 3.13. The molecule has 1 aliphatic rings. The van der Waals surface area contributed by atoms with Gasteiger partial charge in [-0.3, -0.25) is 4.90 Å². The number of likely N-dealkylation sites (tertiary alicyclic amines) is 1. The van der Waals surface area contributed by atoms with E-state index in [0.29, 0.717) is 6.61 Å². The molecular formula is C16H20N2O2S. The first-order chi connectivity index (χ1) is 10.3. The Morgan fingerprint density at radius 1 is 1.48 bits per heavy atom. The number of amides is 1. The third-order valence-electron chi connectivity index (χ3n) is 3.81. The van der Waals surface area contributed by atoms with E-state index < -0.39 is 0 Å². The van der Waals surface area contributed by atoms with Crippen LogP contribution in [0.3, 0.4) is 0 Å². The van der Waals surface area contributed by atoms with E-state index in [1.807, 2.05) is 23.1 Å². The Labute approximate surface area is 128 Å². The van der Waals surface area contributed by atoms with Gasteiger partial charge in [0.2, 0.25) is 0 Å². The molecule has 1 aromatic heterocycles. The van der Waals surface area contributed by atoms with Crippen LogP contribution in [-0.2, 0) is 4.74 Å². The molecule has 1 amide bonds. The summed E-state index contributed by atoms with van der Waals surface area (Å²) in [4.78, 5) is 18.7. The summed E-state index contributed by atoms with van der Waals surface area (Å²) < 4.78 is 6.54. The molecule has 1 unspecified atom stereocenters. The van der Waals surface area contributed by atoms with Gasteiger partial charge in [-0.25, -0.2) is 9.78 Å². The minimum atomic E-state index is -0.190. The van der Waals surface area contributed by atoms with Crippen molar-refractivity contribution >= 4 is 27.6 Å². The van der Waals surface area contributed by atoms with E-state index in [0.717, 1.165) is 42.8 Å². The van der Waals surface area contributed by atoms with Crippen molar-refractivity contribution in [2.24, 2.45) is 0 Å². The second-order valence-electron chi connectivity index (χ2n) is 5.34. The van der Waals surface area contributed by atoms with Gasteiger partial charge in [0, 0.05) is 6.54 Å². The van der Waals surface area contributed by atoms with Crippen LogP contribution in [0, 0.1) is 0 Å². The fourth-order valence-electron chi connectivity index (χ4n) is 2.66. The van der Waals surface area contributed by atoms with E-state index in [-0.39, 0.29) is 12.1 Å². The van der Waals surface area contributed by atoms with Crippen molar-refractivity contribution in [3.05, 3.63) is 29.3 Å². The first-order valence-corrected chi connectivity index (χ1v) is 8.40. The second kappa shape index (κ2) is 6.43. The average molecular weight is 304 g/mol. The number of hydrogen-bond acceptors (Lipinski definition) is 4. The van der Waals surface area contributed by atoms with Gasteiger partial charge in [0.05, 0.1) is 22.9 Å². The fraction of sp³-hybridized carbons (Fsp3) is 0.500. The van der Waals surface area contributed by atoms with Crippen molar-refractivity contribution in [1.29, 1.82) is 0 Å². The lowest BCUT2D eigenvalue weighted by Crippen LogP contribution is -2.31. The third kappa shape index (κ3) is 3.02. The van der Waals surface area contributed by atoms with Crippen molar-refractivity contribution in [1.82, 2.24) is 9.88 Å². The van der Waals surface area contributed by atoms with Gasteiger partial charge in [-0.2, -0.15) is 0 Å². The Hall–Kier alpha value is -1.62. The van der Waals surface area contributed by atoms with Crippen LogP contribution in [0.15, 0.2) is 24.3 Å². The molecule has 1 fully saturated rings. The maximum atomic E-state index is 12.2. The van der Waals surface area contributed by atoms with E-state index in [1.165, 1.54) is 4.70 Å². The highest BCUT2D eigenvalue weighted by atomic mass is 32.1. The number of rotatable bonds is 4. The molecule has 0 aliphatic carbocycles. The van der Waals surface area contributed by atoms with Gasteiger partial charge in [-0.1, -0.05) is 25.5 Å². The first kappa shape index (κ1) is 14.3. The summed E-state index contributed by atoms with van der Waals surface area (Å²) in [5, 5.41) is 1.03. The molecule has 1 saturated heterocycles. The van der Waals surface area contributed by atoms with Crippen LogP contribution in [0.2, 0.25) is 0 Å². The number of thiazole rings is 1.